The molecule has 0 bridgehead atoms. The molecule has 1 saturated heterocycles. The van der Waals surface area contributed by atoms with Gasteiger partial charge in [0.25, 0.3) is 5.91 Å². The van der Waals surface area contributed by atoms with Crippen LogP contribution in [0.5, 0.6) is 11.5 Å². The fourth-order valence-corrected chi connectivity index (χ4v) is 2.90. The molecule has 5 heteroatoms. The summed E-state index contributed by atoms with van der Waals surface area (Å²) in [6, 6.07) is 5.54. The average Bonchev–Trinajstić information content (AvgIpc) is 2.49. The first-order chi connectivity index (χ1) is 10.2. The molecular weight excluding hydrogens is 268 g/mol. The van der Waals surface area contributed by atoms with Crippen LogP contribution in [0.1, 0.15) is 19.8 Å². The van der Waals surface area contributed by atoms with E-state index in [1.807, 2.05) is 18.2 Å². The lowest BCUT2D eigenvalue weighted by Crippen LogP contribution is -3.14. The second-order valence-corrected chi connectivity index (χ2v) is 6.02. The molecule has 1 amide bonds. The maximum Gasteiger partial charge on any atom is 0.279 e. The summed E-state index contributed by atoms with van der Waals surface area (Å²) in [5.74, 6) is 2.32. The molecule has 0 aromatic heterocycles. The Morgan fingerprint density at radius 2 is 1.95 bits per heavy atom. The molecule has 2 heterocycles. The van der Waals surface area contributed by atoms with E-state index in [1.54, 1.807) is 0 Å². The van der Waals surface area contributed by atoms with E-state index in [-0.39, 0.29) is 5.91 Å². The SMILES string of the molecule is CC1CC[NH+](CC(=O)Nc2ccc3c(c2)OCCO3)CC1. The molecule has 1 fully saturated rings. The number of fused-ring (bicyclic) bond motifs is 1. The molecule has 5 nitrogen and oxygen atoms in total. The van der Waals surface area contributed by atoms with Gasteiger partial charge in [-0.3, -0.25) is 4.79 Å². The fraction of sp³-hybridized carbons (Fsp3) is 0.562. The van der Waals surface area contributed by atoms with Crippen molar-refractivity contribution in [3.05, 3.63) is 18.2 Å². The number of benzene rings is 1. The van der Waals surface area contributed by atoms with E-state index < -0.39 is 0 Å². The Labute approximate surface area is 125 Å². The van der Waals surface area contributed by atoms with E-state index in [4.69, 9.17) is 9.47 Å². The minimum Gasteiger partial charge on any atom is -0.486 e. The van der Waals surface area contributed by atoms with Crippen molar-refractivity contribution >= 4 is 11.6 Å². The largest absolute Gasteiger partial charge is 0.486 e. The van der Waals surface area contributed by atoms with Gasteiger partial charge in [0, 0.05) is 11.8 Å². The molecule has 21 heavy (non-hydrogen) atoms. The molecule has 0 spiro atoms. The molecule has 1 aromatic carbocycles. The molecule has 0 atom stereocenters. The molecule has 0 radical (unpaired) electrons. The summed E-state index contributed by atoms with van der Waals surface area (Å²) in [5.41, 5.74) is 0.772. The molecule has 0 unspecified atom stereocenters. The molecule has 0 aliphatic carbocycles. The van der Waals surface area contributed by atoms with Crippen molar-refractivity contribution in [2.45, 2.75) is 19.8 Å². The number of hydrogen-bond acceptors (Lipinski definition) is 3. The second-order valence-electron chi connectivity index (χ2n) is 6.02. The Hall–Kier alpha value is -1.75. The highest BCUT2D eigenvalue weighted by molar-refractivity contribution is 5.91. The number of hydrogen-bond donors (Lipinski definition) is 2. The lowest BCUT2D eigenvalue weighted by Gasteiger charge is -2.26. The summed E-state index contributed by atoms with van der Waals surface area (Å²) in [6.45, 7) is 6.15. The number of likely N-dealkylation sites (tertiary alicyclic amines) is 1. The summed E-state index contributed by atoms with van der Waals surface area (Å²) in [7, 11) is 0. The zero-order chi connectivity index (χ0) is 14.7. The van der Waals surface area contributed by atoms with Gasteiger partial charge in [-0.15, -0.1) is 0 Å². The van der Waals surface area contributed by atoms with Crippen molar-refractivity contribution in [1.29, 1.82) is 0 Å². The number of carbonyl (C=O) groups excluding carboxylic acids is 1. The van der Waals surface area contributed by atoms with Crippen LogP contribution in [-0.4, -0.2) is 38.8 Å². The third kappa shape index (κ3) is 3.67. The van der Waals surface area contributed by atoms with Crippen LogP contribution in [0.2, 0.25) is 0 Å². The standard InChI is InChI=1S/C16H22N2O3/c1-12-4-6-18(7-5-12)11-16(19)17-13-2-3-14-15(10-13)21-9-8-20-14/h2-3,10,12H,4-9,11H2,1H3,(H,17,19)/p+1. The fourth-order valence-electron chi connectivity index (χ4n) is 2.90. The molecule has 1 aromatic rings. The van der Waals surface area contributed by atoms with Crippen LogP contribution in [0, 0.1) is 5.92 Å². The van der Waals surface area contributed by atoms with Gasteiger partial charge < -0.3 is 19.7 Å². The van der Waals surface area contributed by atoms with E-state index in [2.05, 4.69) is 12.2 Å². The van der Waals surface area contributed by atoms with E-state index in [9.17, 15) is 4.79 Å². The van der Waals surface area contributed by atoms with Gasteiger partial charge in [0.1, 0.15) is 13.2 Å². The van der Waals surface area contributed by atoms with Crippen LogP contribution in [0.4, 0.5) is 5.69 Å². The summed E-state index contributed by atoms with van der Waals surface area (Å²) in [4.78, 5) is 13.5. The number of nitrogens with one attached hydrogen (secondary N) is 2. The molecule has 2 aliphatic heterocycles. The Bertz CT molecular complexity index is 510. The maximum absolute atomic E-state index is 12.1. The van der Waals surface area contributed by atoms with Gasteiger partial charge in [-0.25, -0.2) is 0 Å². The van der Waals surface area contributed by atoms with Crippen LogP contribution >= 0.6 is 0 Å². The second kappa shape index (κ2) is 6.35. The molecular formula is C16H23N2O3+. The van der Waals surface area contributed by atoms with Crippen molar-refractivity contribution in [2.75, 3.05) is 38.2 Å². The number of ether oxygens (including phenoxy) is 2. The number of amides is 1. The predicted octanol–water partition coefficient (Wildman–Crippen LogP) is 0.711. The topological polar surface area (TPSA) is 52.0 Å². The summed E-state index contributed by atoms with van der Waals surface area (Å²) in [6.07, 6.45) is 2.43. The zero-order valence-electron chi connectivity index (χ0n) is 12.5. The third-order valence-electron chi connectivity index (χ3n) is 4.22. The van der Waals surface area contributed by atoms with Crippen LogP contribution in [-0.2, 0) is 4.79 Å². The zero-order valence-corrected chi connectivity index (χ0v) is 12.5. The molecule has 3 rings (SSSR count). The number of anilines is 1. The first-order valence-electron chi connectivity index (χ1n) is 7.74. The third-order valence-corrected chi connectivity index (χ3v) is 4.22. The predicted molar refractivity (Wildman–Crippen MR) is 80.0 cm³/mol. The van der Waals surface area contributed by atoms with Gasteiger partial charge in [0.2, 0.25) is 0 Å². The lowest BCUT2D eigenvalue weighted by atomic mass is 9.99. The van der Waals surface area contributed by atoms with Gasteiger partial charge in [-0.1, -0.05) is 6.92 Å². The van der Waals surface area contributed by atoms with Crippen molar-refractivity contribution in [3.63, 3.8) is 0 Å². The van der Waals surface area contributed by atoms with Crippen molar-refractivity contribution in [2.24, 2.45) is 5.92 Å². The summed E-state index contributed by atoms with van der Waals surface area (Å²) < 4.78 is 11.0. The van der Waals surface area contributed by atoms with Gasteiger partial charge in [0.15, 0.2) is 18.0 Å². The molecule has 2 aliphatic rings. The Kier molecular flexibility index (Phi) is 4.29. The Balaban J connectivity index is 1.55. The smallest absolute Gasteiger partial charge is 0.279 e. The number of quaternary nitrogens is 1. The van der Waals surface area contributed by atoms with Crippen LogP contribution in [0.25, 0.3) is 0 Å². The molecule has 0 saturated carbocycles. The highest BCUT2D eigenvalue weighted by atomic mass is 16.6. The monoisotopic (exact) mass is 291 g/mol. The van der Waals surface area contributed by atoms with Crippen molar-refractivity contribution < 1.29 is 19.2 Å². The summed E-state index contributed by atoms with van der Waals surface area (Å²) in [5, 5.41) is 2.96. The minimum atomic E-state index is 0.0660. The van der Waals surface area contributed by atoms with Gasteiger partial charge in [-0.2, -0.15) is 0 Å². The van der Waals surface area contributed by atoms with Crippen LogP contribution < -0.4 is 19.7 Å². The minimum absolute atomic E-state index is 0.0660. The number of carbonyl (C=O) groups is 1. The van der Waals surface area contributed by atoms with Gasteiger partial charge in [-0.05, 0) is 30.9 Å². The normalized spacial score (nSPS) is 24.4. The van der Waals surface area contributed by atoms with Crippen LogP contribution in [0.15, 0.2) is 18.2 Å². The van der Waals surface area contributed by atoms with Crippen molar-refractivity contribution in [1.82, 2.24) is 0 Å². The maximum atomic E-state index is 12.1. The first-order valence-corrected chi connectivity index (χ1v) is 7.74. The van der Waals surface area contributed by atoms with Crippen LogP contribution in [0.3, 0.4) is 0 Å². The lowest BCUT2D eigenvalue weighted by molar-refractivity contribution is -0.897. The van der Waals surface area contributed by atoms with Gasteiger partial charge in [0.05, 0.1) is 13.1 Å². The van der Waals surface area contributed by atoms with Gasteiger partial charge >= 0.3 is 0 Å². The highest BCUT2D eigenvalue weighted by Crippen LogP contribution is 2.32. The van der Waals surface area contributed by atoms with E-state index >= 15 is 0 Å². The average molecular weight is 291 g/mol. The number of piperidine rings is 1. The quantitative estimate of drug-likeness (QED) is 0.862. The van der Waals surface area contributed by atoms with E-state index in [0.717, 1.165) is 30.4 Å². The first kappa shape index (κ1) is 14.2. The van der Waals surface area contributed by atoms with E-state index in [1.165, 1.54) is 17.7 Å². The van der Waals surface area contributed by atoms with E-state index in [0.29, 0.717) is 25.5 Å². The Morgan fingerprint density at radius 1 is 1.24 bits per heavy atom. The molecule has 2 N–H and O–H groups in total. The number of rotatable bonds is 3. The molecule has 114 valence electrons. The summed E-state index contributed by atoms with van der Waals surface area (Å²) >= 11 is 0. The Morgan fingerprint density at radius 3 is 2.71 bits per heavy atom. The van der Waals surface area contributed by atoms with Crippen molar-refractivity contribution in [3.8, 4) is 11.5 Å². The highest BCUT2D eigenvalue weighted by Gasteiger charge is 2.21.